The first-order valence-electron chi connectivity index (χ1n) is 10.7. The van der Waals surface area contributed by atoms with E-state index in [-0.39, 0.29) is 35.9 Å². The van der Waals surface area contributed by atoms with Gasteiger partial charge in [0, 0.05) is 18.8 Å². The lowest BCUT2D eigenvalue weighted by Gasteiger charge is -2.23. The predicted octanol–water partition coefficient (Wildman–Crippen LogP) is 4.70. The number of allylic oxidation sites excluding steroid dienone is 2. The van der Waals surface area contributed by atoms with Gasteiger partial charge in [-0.3, -0.25) is 4.79 Å². The molecular weight excluding hydrogens is 409 g/mol. The van der Waals surface area contributed by atoms with Crippen molar-refractivity contribution in [2.45, 2.75) is 56.9 Å². The van der Waals surface area contributed by atoms with E-state index in [0.29, 0.717) is 19.3 Å². The highest BCUT2D eigenvalue weighted by Crippen LogP contribution is 2.43. The molecule has 1 aromatic rings. The standard InChI is InChI=1S/C24H29F3O4/c25-24(26,27)17-6-5-8-20(14-17)31-15-19(29)10-11-22-21-9-4-2-1-3-7-18(28)12-16(21)13-23(22)30/h2,4-6,8,10-11,14,16,19,21-23,29-30H,1,3,7,9,12-13,15H2/t16-,19+,21-,22+,23+/m0/s1. The summed E-state index contributed by atoms with van der Waals surface area (Å²) in [5.74, 6) is 0.292. The molecule has 0 spiro atoms. The molecule has 3 rings (SSSR count). The number of hydrogen-bond donors (Lipinski definition) is 2. The molecule has 1 aromatic carbocycles. The van der Waals surface area contributed by atoms with Crippen LogP contribution in [0.15, 0.2) is 48.6 Å². The van der Waals surface area contributed by atoms with E-state index in [1.54, 1.807) is 6.08 Å². The maximum absolute atomic E-state index is 12.8. The van der Waals surface area contributed by atoms with Gasteiger partial charge in [0.2, 0.25) is 0 Å². The van der Waals surface area contributed by atoms with E-state index in [2.05, 4.69) is 12.2 Å². The molecule has 2 aliphatic rings. The summed E-state index contributed by atoms with van der Waals surface area (Å²) in [6.07, 6.45) is 5.48. The van der Waals surface area contributed by atoms with Gasteiger partial charge in [0.1, 0.15) is 24.2 Å². The Morgan fingerprint density at radius 3 is 2.84 bits per heavy atom. The van der Waals surface area contributed by atoms with Crippen LogP contribution in [0.5, 0.6) is 5.75 Å². The smallest absolute Gasteiger partial charge is 0.416 e. The second-order valence-corrected chi connectivity index (χ2v) is 8.44. The lowest BCUT2D eigenvalue weighted by molar-refractivity contribution is -0.137. The van der Waals surface area contributed by atoms with Crippen LogP contribution >= 0.6 is 0 Å². The van der Waals surface area contributed by atoms with Crippen molar-refractivity contribution in [1.29, 1.82) is 0 Å². The topological polar surface area (TPSA) is 66.8 Å². The van der Waals surface area contributed by atoms with E-state index in [0.717, 1.165) is 31.4 Å². The molecule has 0 unspecified atom stereocenters. The zero-order valence-electron chi connectivity index (χ0n) is 17.3. The average molecular weight is 438 g/mol. The number of carbonyl (C=O) groups excluding carboxylic acids is 1. The highest BCUT2D eigenvalue weighted by atomic mass is 19.4. The van der Waals surface area contributed by atoms with Crippen molar-refractivity contribution in [2.24, 2.45) is 17.8 Å². The Bertz CT molecular complexity index is 802. The molecule has 0 aromatic heterocycles. The number of Topliss-reactive ketones (excluding diaryl/α,β-unsaturated/α-hetero) is 1. The van der Waals surface area contributed by atoms with Crippen molar-refractivity contribution in [2.75, 3.05) is 6.61 Å². The molecule has 0 saturated heterocycles. The summed E-state index contributed by atoms with van der Waals surface area (Å²) in [6.45, 7) is -0.201. The summed E-state index contributed by atoms with van der Waals surface area (Å²) in [7, 11) is 0. The second kappa shape index (κ2) is 10.5. The number of ketones is 1. The number of ether oxygens (including phenoxy) is 1. The largest absolute Gasteiger partial charge is 0.491 e. The maximum atomic E-state index is 12.8. The van der Waals surface area contributed by atoms with Gasteiger partial charge in [0.15, 0.2) is 0 Å². The maximum Gasteiger partial charge on any atom is 0.416 e. The van der Waals surface area contributed by atoms with Crippen LogP contribution in [0.3, 0.4) is 0 Å². The molecule has 170 valence electrons. The fourth-order valence-electron chi connectivity index (χ4n) is 4.54. The highest BCUT2D eigenvalue weighted by molar-refractivity contribution is 5.78. The van der Waals surface area contributed by atoms with Gasteiger partial charge in [0.05, 0.1) is 11.7 Å². The molecule has 7 heteroatoms. The Morgan fingerprint density at radius 1 is 1.26 bits per heavy atom. The Balaban J connectivity index is 1.60. The summed E-state index contributed by atoms with van der Waals surface area (Å²) in [6, 6.07) is 4.51. The number of aliphatic hydroxyl groups excluding tert-OH is 2. The van der Waals surface area contributed by atoms with Gasteiger partial charge in [-0.2, -0.15) is 13.2 Å². The highest BCUT2D eigenvalue weighted by Gasteiger charge is 2.41. The van der Waals surface area contributed by atoms with Crippen LogP contribution < -0.4 is 4.74 Å². The van der Waals surface area contributed by atoms with Crippen molar-refractivity contribution in [3.63, 3.8) is 0 Å². The second-order valence-electron chi connectivity index (χ2n) is 8.44. The van der Waals surface area contributed by atoms with Crippen LogP contribution in [0.4, 0.5) is 13.2 Å². The summed E-state index contributed by atoms with van der Waals surface area (Å²) in [5, 5.41) is 20.8. The molecular formula is C24H29F3O4. The van der Waals surface area contributed by atoms with Crippen molar-refractivity contribution in [1.82, 2.24) is 0 Å². The first-order valence-corrected chi connectivity index (χ1v) is 10.7. The lowest BCUT2D eigenvalue weighted by Crippen LogP contribution is -2.21. The third kappa shape index (κ3) is 6.68. The van der Waals surface area contributed by atoms with Crippen LogP contribution in [-0.2, 0) is 11.0 Å². The lowest BCUT2D eigenvalue weighted by atomic mass is 9.82. The Morgan fingerprint density at radius 2 is 2.06 bits per heavy atom. The van der Waals surface area contributed by atoms with Gasteiger partial charge in [0.25, 0.3) is 0 Å². The summed E-state index contributed by atoms with van der Waals surface area (Å²) in [4.78, 5) is 12.2. The SMILES string of the molecule is O=C1CCCC=CC[C@H]2[C@@H](C1)C[C@@H](O)[C@@H]2C=C[C@@H](O)COc1cccc(C(F)(F)F)c1. The molecule has 31 heavy (non-hydrogen) atoms. The minimum atomic E-state index is -4.46. The molecule has 2 aliphatic carbocycles. The fraction of sp³-hybridized carbons (Fsp3) is 0.542. The van der Waals surface area contributed by atoms with Crippen molar-refractivity contribution in [3.8, 4) is 5.75 Å². The number of rotatable bonds is 5. The third-order valence-electron chi connectivity index (χ3n) is 6.12. The number of benzene rings is 1. The molecule has 1 fully saturated rings. The van der Waals surface area contributed by atoms with Gasteiger partial charge in [-0.15, -0.1) is 0 Å². The number of alkyl halides is 3. The van der Waals surface area contributed by atoms with E-state index in [1.165, 1.54) is 18.2 Å². The molecule has 1 saturated carbocycles. The minimum absolute atomic E-state index is 0.0271. The molecule has 0 aliphatic heterocycles. The fourth-order valence-corrected chi connectivity index (χ4v) is 4.54. The van der Waals surface area contributed by atoms with Crippen LogP contribution in [0.2, 0.25) is 0 Å². The van der Waals surface area contributed by atoms with Crippen molar-refractivity contribution >= 4 is 5.78 Å². The van der Waals surface area contributed by atoms with E-state index in [4.69, 9.17) is 4.74 Å². The number of fused-ring (bicyclic) bond motifs is 1. The van der Waals surface area contributed by atoms with Crippen LogP contribution in [-0.4, -0.2) is 34.8 Å². The zero-order valence-corrected chi connectivity index (χ0v) is 17.3. The van der Waals surface area contributed by atoms with E-state index in [9.17, 15) is 28.2 Å². The molecule has 2 N–H and O–H groups in total. The number of carbonyl (C=O) groups is 1. The Kier molecular flexibility index (Phi) is 7.94. The number of aliphatic hydroxyl groups is 2. The van der Waals surface area contributed by atoms with Crippen LogP contribution in [0, 0.1) is 17.8 Å². The van der Waals surface area contributed by atoms with Crippen LogP contribution in [0.25, 0.3) is 0 Å². The Hall–Kier alpha value is -2.12. The minimum Gasteiger partial charge on any atom is -0.491 e. The molecule has 4 nitrogen and oxygen atoms in total. The normalized spacial score (nSPS) is 28.5. The summed E-state index contributed by atoms with van der Waals surface area (Å²) >= 11 is 0. The third-order valence-corrected chi connectivity index (χ3v) is 6.12. The zero-order chi connectivity index (χ0) is 22.4. The quantitative estimate of drug-likeness (QED) is 0.654. The van der Waals surface area contributed by atoms with Crippen LogP contribution in [0.1, 0.15) is 44.1 Å². The first-order chi connectivity index (χ1) is 14.7. The van der Waals surface area contributed by atoms with Crippen molar-refractivity contribution < 1.29 is 32.9 Å². The summed E-state index contributed by atoms with van der Waals surface area (Å²) < 4.78 is 43.7. The molecule has 0 amide bonds. The van der Waals surface area contributed by atoms with Gasteiger partial charge in [-0.1, -0.05) is 30.4 Å². The van der Waals surface area contributed by atoms with E-state index < -0.39 is 23.9 Å². The summed E-state index contributed by atoms with van der Waals surface area (Å²) in [5.41, 5.74) is -0.811. The molecule has 0 heterocycles. The van der Waals surface area contributed by atoms with Gasteiger partial charge in [-0.25, -0.2) is 0 Å². The molecule has 5 atom stereocenters. The van der Waals surface area contributed by atoms with Gasteiger partial charge >= 0.3 is 6.18 Å². The first kappa shape index (κ1) is 23.5. The van der Waals surface area contributed by atoms with Gasteiger partial charge < -0.3 is 14.9 Å². The predicted molar refractivity (Wildman–Crippen MR) is 110 cm³/mol. The van der Waals surface area contributed by atoms with Crippen molar-refractivity contribution in [3.05, 3.63) is 54.1 Å². The van der Waals surface area contributed by atoms with Gasteiger partial charge in [-0.05, 0) is 55.7 Å². The monoisotopic (exact) mass is 438 g/mol. The Labute approximate surface area is 180 Å². The van der Waals surface area contributed by atoms with E-state index in [1.807, 2.05) is 0 Å². The van der Waals surface area contributed by atoms with E-state index >= 15 is 0 Å². The average Bonchev–Trinajstić information content (AvgIpc) is 3.01. The number of halogens is 3. The molecule has 0 bridgehead atoms. The molecule has 0 radical (unpaired) electrons. The number of hydrogen-bond acceptors (Lipinski definition) is 4.